The Morgan fingerprint density at radius 3 is 2.43 bits per heavy atom. The van der Waals surface area contributed by atoms with E-state index < -0.39 is 17.6 Å². The zero-order chi connectivity index (χ0) is 20.0. The van der Waals surface area contributed by atoms with Crippen molar-refractivity contribution in [1.29, 1.82) is 0 Å². The molecule has 1 aliphatic rings. The van der Waals surface area contributed by atoms with E-state index in [0.717, 1.165) is 11.3 Å². The summed E-state index contributed by atoms with van der Waals surface area (Å²) in [4.78, 5) is 24.5. The summed E-state index contributed by atoms with van der Waals surface area (Å²) in [6, 6.07) is 12.9. The highest BCUT2D eigenvalue weighted by Gasteiger charge is 2.37. The largest absolute Gasteiger partial charge is 0.496 e. The van der Waals surface area contributed by atoms with Crippen LogP contribution in [-0.4, -0.2) is 38.7 Å². The molecule has 1 aliphatic heterocycles. The SMILES string of the molecule is COc1ccccc1C1(CNC(=O)C(=O)Nc2ccc(F)cc2)CCOCC1. The van der Waals surface area contributed by atoms with Gasteiger partial charge in [-0.15, -0.1) is 0 Å². The molecule has 3 rings (SSSR count). The Bertz CT molecular complexity index is 833. The maximum Gasteiger partial charge on any atom is 0.313 e. The summed E-state index contributed by atoms with van der Waals surface area (Å²) in [5.41, 5.74) is 0.962. The first-order valence-corrected chi connectivity index (χ1v) is 9.10. The number of carbonyl (C=O) groups is 2. The molecule has 0 aromatic heterocycles. The number of nitrogens with one attached hydrogen (secondary N) is 2. The second-order valence-corrected chi connectivity index (χ2v) is 6.74. The Balaban J connectivity index is 1.70. The van der Waals surface area contributed by atoms with Crippen molar-refractivity contribution in [2.75, 3.05) is 32.2 Å². The highest BCUT2D eigenvalue weighted by Crippen LogP contribution is 2.39. The second-order valence-electron chi connectivity index (χ2n) is 6.74. The van der Waals surface area contributed by atoms with Crippen LogP contribution in [0.15, 0.2) is 48.5 Å². The maximum atomic E-state index is 13.0. The van der Waals surface area contributed by atoms with Crippen molar-refractivity contribution in [2.24, 2.45) is 0 Å². The molecule has 1 heterocycles. The van der Waals surface area contributed by atoms with Crippen molar-refractivity contribution in [3.63, 3.8) is 0 Å². The van der Waals surface area contributed by atoms with E-state index in [1.165, 1.54) is 24.3 Å². The fraction of sp³-hybridized carbons (Fsp3) is 0.333. The number of benzene rings is 2. The zero-order valence-corrected chi connectivity index (χ0v) is 15.7. The molecule has 2 aromatic rings. The normalized spacial score (nSPS) is 15.5. The number of hydrogen-bond acceptors (Lipinski definition) is 4. The number of rotatable bonds is 5. The van der Waals surface area contributed by atoms with Crippen molar-refractivity contribution < 1.29 is 23.5 Å². The molecule has 0 radical (unpaired) electrons. The van der Waals surface area contributed by atoms with Gasteiger partial charge < -0.3 is 20.1 Å². The van der Waals surface area contributed by atoms with Gasteiger partial charge in [-0.25, -0.2) is 4.39 Å². The van der Waals surface area contributed by atoms with E-state index in [1.54, 1.807) is 7.11 Å². The van der Waals surface area contributed by atoms with E-state index >= 15 is 0 Å². The van der Waals surface area contributed by atoms with E-state index in [1.807, 2.05) is 24.3 Å². The monoisotopic (exact) mass is 386 g/mol. The summed E-state index contributed by atoms with van der Waals surface area (Å²) in [5, 5.41) is 5.20. The first-order chi connectivity index (χ1) is 13.5. The summed E-state index contributed by atoms with van der Waals surface area (Å²) in [6.45, 7) is 1.41. The molecule has 0 atom stereocenters. The Labute approximate surface area is 163 Å². The lowest BCUT2D eigenvalue weighted by Crippen LogP contribution is -2.47. The van der Waals surface area contributed by atoms with E-state index in [-0.39, 0.29) is 12.0 Å². The summed E-state index contributed by atoms with van der Waals surface area (Å²) in [7, 11) is 1.61. The molecule has 0 spiro atoms. The Kier molecular flexibility index (Phi) is 6.26. The lowest BCUT2D eigenvalue weighted by atomic mass is 9.73. The van der Waals surface area contributed by atoms with Crippen LogP contribution in [0.2, 0.25) is 0 Å². The summed E-state index contributed by atoms with van der Waals surface area (Å²) < 4.78 is 24.0. The summed E-state index contributed by atoms with van der Waals surface area (Å²) >= 11 is 0. The van der Waals surface area contributed by atoms with E-state index in [4.69, 9.17) is 9.47 Å². The van der Waals surface area contributed by atoms with Crippen molar-refractivity contribution in [2.45, 2.75) is 18.3 Å². The first-order valence-electron chi connectivity index (χ1n) is 9.10. The van der Waals surface area contributed by atoms with Gasteiger partial charge in [0.25, 0.3) is 0 Å². The van der Waals surface area contributed by atoms with Gasteiger partial charge in [0.05, 0.1) is 7.11 Å². The molecule has 2 N–H and O–H groups in total. The number of carbonyl (C=O) groups excluding carboxylic acids is 2. The minimum absolute atomic E-state index is 0.284. The molecule has 1 fully saturated rings. The minimum Gasteiger partial charge on any atom is -0.496 e. The van der Waals surface area contributed by atoms with Crippen molar-refractivity contribution in [3.8, 4) is 5.75 Å². The van der Waals surface area contributed by atoms with Crippen LogP contribution in [0, 0.1) is 5.82 Å². The summed E-state index contributed by atoms with van der Waals surface area (Å²) in [6.07, 6.45) is 1.40. The van der Waals surface area contributed by atoms with Crippen LogP contribution in [0.25, 0.3) is 0 Å². The van der Waals surface area contributed by atoms with Gasteiger partial charge in [0.1, 0.15) is 11.6 Å². The highest BCUT2D eigenvalue weighted by molar-refractivity contribution is 6.39. The number of amides is 2. The van der Waals surface area contributed by atoms with Gasteiger partial charge >= 0.3 is 11.8 Å². The van der Waals surface area contributed by atoms with Gasteiger partial charge in [-0.1, -0.05) is 18.2 Å². The molecule has 2 aromatic carbocycles. The molecule has 7 heteroatoms. The van der Waals surface area contributed by atoms with E-state index in [0.29, 0.717) is 31.7 Å². The molecule has 148 valence electrons. The van der Waals surface area contributed by atoms with Crippen LogP contribution in [0.4, 0.5) is 10.1 Å². The first kappa shape index (κ1) is 19.8. The third-order valence-electron chi connectivity index (χ3n) is 5.02. The molecule has 1 saturated heterocycles. The second kappa shape index (κ2) is 8.84. The van der Waals surface area contributed by atoms with Gasteiger partial charge in [0, 0.05) is 36.4 Å². The lowest BCUT2D eigenvalue weighted by Gasteiger charge is -2.38. The van der Waals surface area contributed by atoms with Crippen molar-refractivity contribution >= 4 is 17.5 Å². The fourth-order valence-electron chi connectivity index (χ4n) is 3.44. The molecular formula is C21H23FN2O4. The van der Waals surface area contributed by atoms with Crippen molar-refractivity contribution in [3.05, 3.63) is 59.9 Å². The van der Waals surface area contributed by atoms with Crippen LogP contribution < -0.4 is 15.4 Å². The molecular weight excluding hydrogens is 363 g/mol. The smallest absolute Gasteiger partial charge is 0.313 e. The van der Waals surface area contributed by atoms with Gasteiger partial charge in [0.15, 0.2) is 0 Å². The number of anilines is 1. The fourth-order valence-corrected chi connectivity index (χ4v) is 3.44. The van der Waals surface area contributed by atoms with Crippen molar-refractivity contribution in [1.82, 2.24) is 5.32 Å². The van der Waals surface area contributed by atoms with Crippen LogP contribution in [0.3, 0.4) is 0 Å². The lowest BCUT2D eigenvalue weighted by molar-refractivity contribution is -0.136. The highest BCUT2D eigenvalue weighted by atomic mass is 19.1. The van der Waals surface area contributed by atoms with E-state index in [9.17, 15) is 14.0 Å². The average Bonchev–Trinajstić information content (AvgIpc) is 2.74. The van der Waals surface area contributed by atoms with Crippen LogP contribution >= 0.6 is 0 Å². The molecule has 6 nitrogen and oxygen atoms in total. The third kappa shape index (κ3) is 4.48. The minimum atomic E-state index is -0.797. The molecule has 0 aliphatic carbocycles. The molecule has 2 amide bonds. The number of para-hydroxylation sites is 1. The number of methoxy groups -OCH3 is 1. The predicted octanol–water partition coefficient (Wildman–Crippen LogP) is 2.64. The molecule has 0 saturated carbocycles. The molecule has 0 bridgehead atoms. The average molecular weight is 386 g/mol. The predicted molar refractivity (Wildman–Crippen MR) is 103 cm³/mol. The van der Waals surface area contributed by atoms with Gasteiger partial charge in [-0.3, -0.25) is 9.59 Å². The van der Waals surface area contributed by atoms with Gasteiger partial charge in [0.2, 0.25) is 0 Å². The van der Waals surface area contributed by atoms with E-state index in [2.05, 4.69) is 10.6 Å². The number of halogens is 1. The Morgan fingerprint density at radius 2 is 1.75 bits per heavy atom. The van der Waals surface area contributed by atoms with Crippen LogP contribution in [0.1, 0.15) is 18.4 Å². The van der Waals surface area contributed by atoms with Crippen LogP contribution in [-0.2, 0) is 19.7 Å². The van der Waals surface area contributed by atoms with Gasteiger partial charge in [-0.2, -0.15) is 0 Å². The third-order valence-corrected chi connectivity index (χ3v) is 5.02. The molecule has 28 heavy (non-hydrogen) atoms. The van der Waals surface area contributed by atoms with Crippen LogP contribution in [0.5, 0.6) is 5.75 Å². The standard InChI is InChI=1S/C21H23FN2O4/c1-27-18-5-3-2-4-17(18)21(10-12-28-13-11-21)14-23-19(25)20(26)24-16-8-6-15(22)7-9-16/h2-9H,10-14H2,1H3,(H,23,25)(H,24,26). The Hall–Kier alpha value is -2.93. The molecule has 0 unspecified atom stereocenters. The number of ether oxygens (including phenoxy) is 2. The topological polar surface area (TPSA) is 76.7 Å². The quantitative estimate of drug-likeness (QED) is 0.775. The Morgan fingerprint density at radius 1 is 1.07 bits per heavy atom. The number of hydrogen-bond donors (Lipinski definition) is 2. The summed E-state index contributed by atoms with van der Waals surface area (Å²) in [5.74, 6) is -1.21. The maximum absolute atomic E-state index is 13.0. The van der Waals surface area contributed by atoms with Gasteiger partial charge in [-0.05, 0) is 43.2 Å². The zero-order valence-electron chi connectivity index (χ0n) is 15.7.